The lowest BCUT2D eigenvalue weighted by Crippen LogP contribution is -2.49. The molecule has 0 atom stereocenters. The number of piperazine rings is 1. The van der Waals surface area contributed by atoms with Crippen LogP contribution >= 0.6 is 0 Å². The highest BCUT2D eigenvalue weighted by Gasteiger charge is 2.18. The minimum Gasteiger partial charge on any atom is -0.401 e. The highest BCUT2D eigenvalue weighted by Crippen LogP contribution is 2.06. The maximum atomic E-state index is 6.93. The van der Waals surface area contributed by atoms with Gasteiger partial charge in [0.2, 0.25) is 0 Å². The molecular weight excluding hydrogens is 188 g/mol. The minimum absolute atomic E-state index is 0.640. The summed E-state index contributed by atoms with van der Waals surface area (Å²) in [6.07, 6.45) is 2.91. The largest absolute Gasteiger partial charge is 0.401 e. The molecule has 0 amide bonds. The molecule has 1 aliphatic rings. The van der Waals surface area contributed by atoms with Gasteiger partial charge in [-0.2, -0.15) is 0 Å². The Hall–Kier alpha value is -0.870. The maximum Gasteiger partial charge on any atom is 0.0381 e. The summed E-state index contributed by atoms with van der Waals surface area (Å²) in [4.78, 5) is 4.82. The number of hydrogen-bond donors (Lipinski definition) is 2. The third-order valence-corrected chi connectivity index (χ3v) is 2.84. The average molecular weight is 210 g/mol. The third-order valence-electron chi connectivity index (χ3n) is 2.84. The molecule has 0 saturated carbocycles. The summed E-state index contributed by atoms with van der Waals surface area (Å²) in [7, 11) is 0. The molecule has 1 rings (SSSR count). The minimum atomic E-state index is 0.640. The Morgan fingerprint density at radius 3 is 2.40 bits per heavy atom. The number of hydrogen-bond acceptors (Lipinski definition) is 4. The molecule has 0 radical (unpaired) electrons. The summed E-state index contributed by atoms with van der Waals surface area (Å²) < 4.78 is 0. The van der Waals surface area contributed by atoms with E-state index in [0.717, 1.165) is 38.4 Å². The lowest BCUT2D eigenvalue weighted by Gasteiger charge is -2.36. The van der Waals surface area contributed by atoms with Gasteiger partial charge in [0.05, 0.1) is 0 Å². The monoisotopic (exact) mass is 210 g/mol. The zero-order valence-electron chi connectivity index (χ0n) is 9.74. The fourth-order valence-electron chi connectivity index (χ4n) is 1.86. The number of nitrogens with zero attached hydrogens (tertiary/aromatic N) is 2. The van der Waals surface area contributed by atoms with Crippen LogP contribution in [0.4, 0.5) is 0 Å². The molecule has 0 bridgehead atoms. The van der Waals surface area contributed by atoms with E-state index in [1.165, 1.54) is 6.21 Å². The van der Waals surface area contributed by atoms with Crippen molar-refractivity contribution in [2.45, 2.75) is 19.9 Å². The predicted molar refractivity (Wildman–Crippen MR) is 64.2 cm³/mol. The van der Waals surface area contributed by atoms with Crippen LogP contribution in [0.25, 0.3) is 0 Å². The fraction of sp³-hybridized carbons (Fsp3) is 0.727. The highest BCUT2D eigenvalue weighted by molar-refractivity contribution is 5.68. The van der Waals surface area contributed by atoms with E-state index >= 15 is 0 Å². The Morgan fingerprint density at radius 2 is 1.93 bits per heavy atom. The van der Waals surface area contributed by atoms with Crippen molar-refractivity contribution in [1.82, 2.24) is 9.80 Å². The van der Waals surface area contributed by atoms with Crippen LogP contribution in [-0.2, 0) is 0 Å². The first kappa shape index (κ1) is 12.2. The Labute approximate surface area is 92.2 Å². The van der Waals surface area contributed by atoms with Crippen LogP contribution in [0.15, 0.2) is 11.8 Å². The molecule has 0 aromatic carbocycles. The molecule has 1 fully saturated rings. The van der Waals surface area contributed by atoms with Gasteiger partial charge in [-0.25, -0.2) is 0 Å². The molecule has 3 N–H and O–H groups in total. The van der Waals surface area contributed by atoms with Crippen molar-refractivity contribution >= 4 is 6.21 Å². The molecule has 1 saturated heterocycles. The van der Waals surface area contributed by atoms with Gasteiger partial charge in [-0.1, -0.05) is 0 Å². The topological polar surface area (TPSA) is 56.4 Å². The van der Waals surface area contributed by atoms with Gasteiger partial charge in [0, 0.05) is 50.7 Å². The first-order valence-corrected chi connectivity index (χ1v) is 5.55. The lowest BCUT2D eigenvalue weighted by atomic mass is 10.2. The molecule has 86 valence electrons. The van der Waals surface area contributed by atoms with Crippen molar-refractivity contribution < 1.29 is 0 Å². The van der Waals surface area contributed by atoms with Crippen LogP contribution < -0.4 is 5.73 Å². The van der Waals surface area contributed by atoms with Crippen LogP contribution in [-0.4, -0.2) is 54.8 Å². The first-order chi connectivity index (χ1) is 7.13. The van der Waals surface area contributed by atoms with Gasteiger partial charge >= 0.3 is 0 Å². The fourth-order valence-corrected chi connectivity index (χ4v) is 1.86. The van der Waals surface area contributed by atoms with E-state index in [2.05, 4.69) is 23.6 Å². The molecule has 0 aromatic heterocycles. The summed E-state index contributed by atoms with van der Waals surface area (Å²) in [5, 5.41) is 6.93. The van der Waals surface area contributed by atoms with Crippen molar-refractivity contribution in [3.05, 3.63) is 11.8 Å². The summed E-state index contributed by atoms with van der Waals surface area (Å²) in [5.41, 5.74) is 6.54. The normalized spacial score (nSPS) is 20.9. The molecule has 1 aliphatic heterocycles. The number of rotatable bonds is 4. The van der Waals surface area contributed by atoms with Crippen LogP contribution in [0.1, 0.15) is 13.8 Å². The van der Waals surface area contributed by atoms with E-state index in [1.54, 1.807) is 6.08 Å². The van der Waals surface area contributed by atoms with Crippen LogP contribution in [0.5, 0.6) is 0 Å². The van der Waals surface area contributed by atoms with E-state index in [0.29, 0.717) is 6.04 Å². The lowest BCUT2D eigenvalue weighted by molar-refractivity contribution is 0.115. The SMILES string of the molecule is CC(C)N1CCN(C/C(N)=C/C=N)CC1. The molecule has 0 unspecified atom stereocenters. The third kappa shape index (κ3) is 4.01. The standard InChI is InChI=1S/C11H22N4/c1-10(2)15-7-5-14(6-8-15)9-11(13)3-4-12/h3-4,10,12H,5-9,13H2,1-2H3/b11-3-,12-4?. The Kier molecular flexibility index (Phi) is 4.78. The molecule has 0 aliphatic carbocycles. The van der Waals surface area contributed by atoms with Gasteiger partial charge in [0.1, 0.15) is 0 Å². The highest BCUT2D eigenvalue weighted by atomic mass is 15.3. The summed E-state index contributed by atoms with van der Waals surface area (Å²) in [6, 6.07) is 0.640. The number of nitrogens with two attached hydrogens (primary N) is 1. The molecule has 1 heterocycles. The second-order valence-electron chi connectivity index (χ2n) is 4.31. The molecule has 4 heteroatoms. The zero-order valence-corrected chi connectivity index (χ0v) is 9.74. The zero-order chi connectivity index (χ0) is 11.3. The molecule has 4 nitrogen and oxygen atoms in total. The van der Waals surface area contributed by atoms with Gasteiger partial charge < -0.3 is 11.1 Å². The van der Waals surface area contributed by atoms with Gasteiger partial charge in [-0.3, -0.25) is 9.80 Å². The van der Waals surface area contributed by atoms with E-state index in [9.17, 15) is 0 Å². The van der Waals surface area contributed by atoms with Gasteiger partial charge in [-0.05, 0) is 19.9 Å². The Morgan fingerprint density at radius 1 is 1.33 bits per heavy atom. The molecule has 0 spiro atoms. The molecule has 0 aromatic rings. The first-order valence-electron chi connectivity index (χ1n) is 5.55. The van der Waals surface area contributed by atoms with Crippen LogP contribution in [0.3, 0.4) is 0 Å². The van der Waals surface area contributed by atoms with Gasteiger partial charge in [-0.15, -0.1) is 0 Å². The second-order valence-corrected chi connectivity index (χ2v) is 4.31. The van der Waals surface area contributed by atoms with E-state index < -0.39 is 0 Å². The smallest absolute Gasteiger partial charge is 0.0381 e. The van der Waals surface area contributed by atoms with Crippen LogP contribution in [0.2, 0.25) is 0 Å². The molecule has 15 heavy (non-hydrogen) atoms. The van der Waals surface area contributed by atoms with Gasteiger partial charge in [0.25, 0.3) is 0 Å². The summed E-state index contributed by atoms with van der Waals surface area (Å²) >= 11 is 0. The maximum absolute atomic E-state index is 6.93. The van der Waals surface area contributed by atoms with E-state index in [4.69, 9.17) is 11.1 Å². The Balaban J connectivity index is 2.31. The number of allylic oxidation sites excluding steroid dienone is 1. The summed E-state index contributed by atoms with van der Waals surface area (Å²) in [6.45, 7) is 9.65. The van der Waals surface area contributed by atoms with Crippen molar-refractivity contribution in [2.75, 3.05) is 32.7 Å². The van der Waals surface area contributed by atoms with Crippen molar-refractivity contribution in [1.29, 1.82) is 5.41 Å². The second kappa shape index (κ2) is 5.88. The predicted octanol–water partition coefficient (Wildman–Crippen LogP) is 0.505. The van der Waals surface area contributed by atoms with E-state index in [1.807, 2.05) is 0 Å². The van der Waals surface area contributed by atoms with Crippen LogP contribution in [0, 0.1) is 5.41 Å². The Bertz CT molecular complexity index is 227. The quantitative estimate of drug-likeness (QED) is 0.665. The summed E-state index contributed by atoms with van der Waals surface area (Å²) in [5.74, 6) is 0. The average Bonchev–Trinajstić information content (AvgIpc) is 2.18. The van der Waals surface area contributed by atoms with Gasteiger partial charge in [0.15, 0.2) is 0 Å². The number of nitrogens with one attached hydrogen (secondary N) is 1. The van der Waals surface area contributed by atoms with E-state index in [-0.39, 0.29) is 0 Å². The van der Waals surface area contributed by atoms with Crippen molar-refractivity contribution in [3.63, 3.8) is 0 Å². The van der Waals surface area contributed by atoms with Crippen molar-refractivity contribution in [3.8, 4) is 0 Å². The molecular formula is C11H22N4. The van der Waals surface area contributed by atoms with Crippen molar-refractivity contribution in [2.24, 2.45) is 5.73 Å².